The minimum Gasteiger partial charge on any atom is -0.396 e. The van der Waals surface area contributed by atoms with E-state index in [0.717, 1.165) is 16.6 Å². The molecule has 0 aliphatic heterocycles. The molecule has 0 heterocycles. The van der Waals surface area contributed by atoms with Crippen molar-refractivity contribution < 1.29 is 5.11 Å². The van der Waals surface area contributed by atoms with E-state index in [1.165, 1.54) is 0 Å². The van der Waals surface area contributed by atoms with Crippen molar-refractivity contribution in [3.8, 4) is 0 Å². The maximum absolute atomic E-state index is 9.22. The first-order valence-electron chi connectivity index (χ1n) is 4.99. The van der Waals surface area contributed by atoms with Gasteiger partial charge in [0.2, 0.25) is 0 Å². The van der Waals surface area contributed by atoms with Crippen LogP contribution in [0.25, 0.3) is 0 Å². The van der Waals surface area contributed by atoms with E-state index in [2.05, 4.69) is 41.3 Å². The molecule has 0 rings (SSSR count). The Hall–Kier alpha value is -0.380. The summed E-state index contributed by atoms with van der Waals surface area (Å²) >= 11 is 3.25. The molecule has 0 aliphatic rings. The second-order valence-corrected chi connectivity index (χ2v) is 4.66. The van der Waals surface area contributed by atoms with Crippen molar-refractivity contribution >= 4 is 15.9 Å². The number of hydrogen-bond donors (Lipinski definition) is 2. The normalized spacial score (nSPS) is 15.2. The predicted octanol–water partition coefficient (Wildman–Crippen LogP) is 2.47. The molecule has 86 valence electrons. The van der Waals surface area contributed by atoms with Crippen LogP contribution in [0.15, 0.2) is 35.4 Å². The number of nitrogens with one attached hydrogen (secondary N) is 1. The molecule has 0 aromatic rings. The summed E-state index contributed by atoms with van der Waals surface area (Å²) in [6.45, 7) is 10.7. The van der Waals surface area contributed by atoms with E-state index in [0.29, 0.717) is 0 Å². The van der Waals surface area contributed by atoms with Gasteiger partial charge in [-0.25, -0.2) is 0 Å². The molecule has 0 spiro atoms. The second-order valence-electron chi connectivity index (χ2n) is 3.64. The standard InChI is InChI=1S/C12H20BrNO/c1-9(5-6-10(2)13)11(3)12(8-15)7-14-4/h5-6,11-12,14-15H,1-2,7-8H2,3-4H3/b6-5-/t11-,12?/m0/s1. The summed E-state index contributed by atoms with van der Waals surface area (Å²) in [5, 5.41) is 12.3. The highest BCUT2D eigenvalue weighted by Crippen LogP contribution is 2.20. The molecule has 0 fully saturated rings. The van der Waals surface area contributed by atoms with E-state index in [9.17, 15) is 5.11 Å². The third-order valence-electron chi connectivity index (χ3n) is 2.47. The molecule has 15 heavy (non-hydrogen) atoms. The maximum Gasteiger partial charge on any atom is 0.0477 e. The molecule has 0 radical (unpaired) electrons. The van der Waals surface area contributed by atoms with E-state index in [1.807, 2.05) is 19.2 Å². The summed E-state index contributed by atoms with van der Waals surface area (Å²) in [6, 6.07) is 0. The lowest BCUT2D eigenvalue weighted by Gasteiger charge is -2.22. The van der Waals surface area contributed by atoms with Crippen LogP contribution in [0, 0.1) is 11.8 Å². The third-order valence-corrected chi connectivity index (χ3v) is 2.74. The number of halogens is 1. The second kappa shape index (κ2) is 7.85. The fourth-order valence-corrected chi connectivity index (χ4v) is 1.45. The fraction of sp³-hybridized carbons (Fsp3) is 0.500. The van der Waals surface area contributed by atoms with Crippen molar-refractivity contribution in [2.24, 2.45) is 11.8 Å². The molecule has 0 aromatic heterocycles. The Morgan fingerprint density at radius 2 is 2.07 bits per heavy atom. The van der Waals surface area contributed by atoms with Crippen molar-refractivity contribution in [3.05, 3.63) is 35.4 Å². The van der Waals surface area contributed by atoms with Crippen molar-refractivity contribution in [1.29, 1.82) is 0 Å². The highest BCUT2D eigenvalue weighted by molar-refractivity contribution is 9.11. The molecule has 0 amide bonds. The summed E-state index contributed by atoms with van der Waals surface area (Å²) in [4.78, 5) is 0. The van der Waals surface area contributed by atoms with Crippen molar-refractivity contribution in [2.75, 3.05) is 20.2 Å². The average molecular weight is 274 g/mol. The zero-order chi connectivity index (χ0) is 11.8. The van der Waals surface area contributed by atoms with Gasteiger partial charge in [-0.05, 0) is 19.0 Å². The maximum atomic E-state index is 9.22. The van der Waals surface area contributed by atoms with E-state index in [-0.39, 0.29) is 18.4 Å². The van der Waals surface area contributed by atoms with Crippen LogP contribution in [0.5, 0.6) is 0 Å². The predicted molar refractivity (Wildman–Crippen MR) is 70.0 cm³/mol. The molecule has 0 aromatic carbocycles. The number of aliphatic hydroxyl groups is 1. The first-order valence-corrected chi connectivity index (χ1v) is 5.79. The lowest BCUT2D eigenvalue weighted by molar-refractivity contribution is 0.195. The zero-order valence-corrected chi connectivity index (χ0v) is 11.0. The van der Waals surface area contributed by atoms with Crippen LogP contribution < -0.4 is 5.32 Å². The molecule has 2 atom stereocenters. The van der Waals surface area contributed by atoms with Crippen LogP contribution in [0.1, 0.15) is 6.92 Å². The monoisotopic (exact) mass is 273 g/mol. The van der Waals surface area contributed by atoms with E-state index in [4.69, 9.17) is 0 Å². The zero-order valence-electron chi connectivity index (χ0n) is 9.46. The van der Waals surface area contributed by atoms with E-state index < -0.39 is 0 Å². The summed E-state index contributed by atoms with van der Waals surface area (Å²) in [6.07, 6.45) is 3.80. The lowest BCUT2D eigenvalue weighted by Crippen LogP contribution is -2.28. The van der Waals surface area contributed by atoms with Gasteiger partial charge >= 0.3 is 0 Å². The fourth-order valence-electron chi connectivity index (χ4n) is 1.31. The van der Waals surface area contributed by atoms with Crippen LogP contribution in [0.2, 0.25) is 0 Å². The summed E-state index contributed by atoms with van der Waals surface area (Å²) < 4.78 is 0.824. The quantitative estimate of drug-likeness (QED) is 0.699. The smallest absolute Gasteiger partial charge is 0.0477 e. The Kier molecular flexibility index (Phi) is 7.65. The van der Waals surface area contributed by atoms with Gasteiger partial charge in [-0.3, -0.25) is 0 Å². The molecule has 0 bridgehead atoms. The minimum absolute atomic E-state index is 0.171. The van der Waals surface area contributed by atoms with E-state index >= 15 is 0 Å². The summed E-state index contributed by atoms with van der Waals surface area (Å²) in [5.74, 6) is 0.460. The highest BCUT2D eigenvalue weighted by Gasteiger charge is 2.16. The molecule has 1 unspecified atom stereocenters. The summed E-state index contributed by atoms with van der Waals surface area (Å²) in [5.41, 5.74) is 1.00. The van der Waals surface area contributed by atoms with Crippen LogP contribution in [-0.4, -0.2) is 25.3 Å². The number of allylic oxidation sites excluding steroid dienone is 4. The van der Waals surface area contributed by atoms with Crippen LogP contribution in [0.4, 0.5) is 0 Å². The number of hydrogen-bond acceptors (Lipinski definition) is 2. The molecule has 0 saturated carbocycles. The van der Waals surface area contributed by atoms with Gasteiger partial charge < -0.3 is 10.4 Å². The molecular weight excluding hydrogens is 254 g/mol. The Morgan fingerprint density at radius 3 is 2.47 bits per heavy atom. The van der Waals surface area contributed by atoms with Crippen LogP contribution in [0.3, 0.4) is 0 Å². The van der Waals surface area contributed by atoms with Crippen molar-refractivity contribution in [2.45, 2.75) is 6.92 Å². The molecule has 2 N–H and O–H groups in total. The Bertz CT molecular complexity index is 248. The van der Waals surface area contributed by atoms with Crippen LogP contribution >= 0.6 is 15.9 Å². The first-order chi connectivity index (χ1) is 7.02. The molecule has 0 saturated heterocycles. The van der Waals surface area contributed by atoms with Crippen LogP contribution in [-0.2, 0) is 0 Å². The first kappa shape index (κ1) is 14.6. The lowest BCUT2D eigenvalue weighted by atomic mass is 9.88. The van der Waals surface area contributed by atoms with E-state index in [1.54, 1.807) is 0 Å². The number of aliphatic hydroxyl groups excluding tert-OH is 1. The van der Waals surface area contributed by atoms with Gasteiger partial charge in [-0.15, -0.1) is 0 Å². The Morgan fingerprint density at radius 1 is 1.47 bits per heavy atom. The minimum atomic E-state index is 0.171. The topological polar surface area (TPSA) is 32.3 Å². The van der Waals surface area contributed by atoms with Gasteiger partial charge in [0.25, 0.3) is 0 Å². The van der Waals surface area contributed by atoms with Gasteiger partial charge in [0.15, 0.2) is 0 Å². The van der Waals surface area contributed by atoms with Gasteiger partial charge in [-0.1, -0.05) is 47.7 Å². The number of rotatable bonds is 7. The van der Waals surface area contributed by atoms with Crippen molar-refractivity contribution in [3.63, 3.8) is 0 Å². The average Bonchev–Trinajstić information content (AvgIpc) is 2.21. The Balaban J connectivity index is 4.33. The SMILES string of the molecule is C=C(Br)/C=C\C(=C)[C@H](C)C(CO)CNC. The third kappa shape index (κ3) is 5.92. The van der Waals surface area contributed by atoms with Gasteiger partial charge in [0.1, 0.15) is 0 Å². The van der Waals surface area contributed by atoms with Crippen molar-refractivity contribution in [1.82, 2.24) is 5.32 Å². The molecule has 2 nitrogen and oxygen atoms in total. The largest absolute Gasteiger partial charge is 0.396 e. The van der Waals surface area contributed by atoms with Gasteiger partial charge in [0.05, 0.1) is 0 Å². The van der Waals surface area contributed by atoms with Gasteiger partial charge in [0, 0.05) is 23.6 Å². The summed E-state index contributed by atoms with van der Waals surface area (Å²) in [7, 11) is 1.88. The Labute approximate surface area is 101 Å². The molecular formula is C12H20BrNO. The van der Waals surface area contributed by atoms with Gasteiger partial charge in [-0.2, -0.15) is 0 Å². The molecule has 3 heteroatoms. The highest BCUT2D eigenvalue weighted by atomic mass is 79.9. The molecule has 0 aliphatic carbocycles.